The summed E-state index contributed by atoms with van der Waals surface area (Å²) >= 11 is 0. The Morgan fingerprint density at radius 1 is 1.37 bits per heavy atom. The van der Waals surface area contributed by atoms with Crippen molar-refractivity contribution in [2.45, 2.75) is 0 Å². The molecule has 0 saturated carbocycles. The highest BCUT2D eigenvalue weighted by Crippen LogP contribution is 2.29. The molecule has 1 aromatic rings. The summed E-state index contributed by atoms with van der Waals surface area (Å²) in [6.45, 7) is 6.51. The lowest BCUT2D eigenvalue weighted by molar-refractivity contribution is 0.246. The van der Waals surface area contributed by atoms with Crippen LogP contribution in [0.5, 0.6) is 5.75 Å². The average Bonchev–Trinajstić information content (AvgIpc) is 2.45. The number of ether oxygens (including phenoxy) is 1. The summed E-state index contributed by atoms with van der Waals surface area (Å²) in [7, 11) is 3.78. The highest BCUT2D eigenvalue weighted by molar-refractivity contribution is 5.63. The van der Waals surface area contributed by atoms with Crippen molar-refractivity contribution in [2.75, 3.05) is 64.1 Å². The van der Waals surface area contributed by atoms with Crippen molar-refractivity contribution in [3.63, 3.8) is 0 Å². The lowest BCUT2D eigenvalue weighted by Crippen LogP contribution is -2.46. The average molecular weight is 264 g/mol. The molecule has 0 radical (unpaired) electrons. The Morgan fingerprint density at radius 3 is 2.79 bits per heavy atom. The Balaban J connectivity index is 1.93. The molecule has 19 heavy (non-hydrogen) atoms. The SMILES string of the molecule is COc1cc(N)ccc1N(C)CCN1CCNCC1. The van der Waals surface area contributed by atoms with Gasteiger partial charge in [0.15, 0.2) is 0 Å². The minimum absolute atomic E-state index is 0.733. The number of nitrogens with two attached hydrogens (primary N) is 1. The molecule has 1 aliphatic heterocycles. The van der Waals surface area contributed by atoms with Gasteiger partial charge in [0.25, 0.3) is 0 Å². The van der Waals surface area contributed by atoms with Gasteiger partial charge >= 0.3 is 0 Å². The van der Waals surface area contributed by atoms with Crippen molar-refractivity contribution in [3.8, 4) is 5.75 Å². The summed E-state index contributed by atoms with van der Waals surface area (Å²) < 4.78 is 5.39. The molecule has 1 fully saturated rings. The molecule has 0 atom stereocenters. The fraction of sp³-hybridized carbons (Fsp3) is 0.571. The van der Waals surface area contributed by atoms with Crippen LogP contribution in [0, 0.1) is 0 Å². The molecule has 5 heteroatoms. The molecule has 0 amide bonds. The lowest BCUT2D eigenvalue weighted by Gasteiger charge is -2.30. The van der Waals surface area contributed by atoms with Crippen LogP contribution in [0.15, 0.2) is 18.2 Å². The minimum atomic E-state index is 0.733. The highest BCUT2D eigenvalue weighted by atomic mass is 16.5. The lowest BCUT2D eigenvalue weighted by atomic mass is 10.2. The zero-order valence-corrected chi connectivity index (χ0v) is 11.9. The van der Waals surface area contributed by atoms with Crippen LogP contribution in [-0.2, 0) is 0 Å². The molecule has 0 bridgehead atoms. The molecule has 3 N–H and O–H groups in total. The van der Waals surface area contributed by atoms with Crippen molar-refractivity contribution in [1.82, 2.24) is 10.2 Å². The maximum Gasteiger partial charge on any atom is 0.144 e. The molecule has 2 rings (SSSR count). The van der Waals surface area contributed by atoms with E-state index in [1.165, 1.54) is 0 Å². The third kappa shape index (κ3) is 3.75. The van der Waals surface area contributed by atoms with E-state index >= 15 is 0 Å². The molecule has 1 saturated heterocycles. The molecule has 5 nitrogen and oxygen atoms in total. The topological polar surface area (TPSA) is 53.8 Å². The van der Waals surface area contributed by atoms with Crippen molar-refractivity contribution < 1.29 is 4.74 Å². The van der Waals surface area contributed by atoms with E-state index in [1.807, 2.05) is 18.2 Å². The first-order valence-electron chi connectivity index (χ1n) is 6.78. The van der Waals surface area contributed by atoms with E-state index < -0.39 is 0 Å². The van der Waals surface area contributed by atoms with Gasteiger partial charge in [0.2, 0.25) is 0 Å². The molecule has 0 aromatic heterocycles. The largest absolute Gasteiger partial charge is 0.495 e. The summed E-state index contributed by atoms with van der Waals surface area (Å²) in [6.07, 6.45) is 0. The quantitative estimate of drug-likeness (QED) is 0.764. The van der Waals surface area contributed by atoms with Gasteiger partial charge in [0.1, 0.15) is 5.75 Å². The number of rotatable bonds is 5. The van der Waals surface area contributed by atoms with Gasteiger partial charge in [-0.1, -0.05) is 0 Å². The van der Waals surface area contributed by atoms with Crippen LogP contribution in [0.2, 0.25) is 0 Å². The van der Waals surface area contributed by atoms with Gasteiger partial charge in [-0.2, -0.15) is 0 Å². The zero-order chi connectivity index (χ0) is 13.7. The van der Waals surface area contributed by atoms with E-state index in [-0.39, 0.29) is 0 Å². The monoisotopic (exact) mass is 264 g/mol. The van der Waals surface area contributed by atoms with E-state index in [0.717, 1.165) is 56.4 Å². The number of hydrogen-bond donors (Lipinski definition) is 2. The third-order valence-corrected chi connectivity index (χ3v) is 3.58. The third-order valence-electron chi connectivity index (χ3n) is 3.58. The predicted octanol–water partition coefficient (Wildman–Crippen LogP) is 0.619. The Kier molecular flexibility index (Phi) is 4.87. The zero-order valence-electron chi connectivity index (χ0n) is 11.9. The van der Waals surface area contributed by atoms with E-state index in [0.29, 0.717) is 0 Å². The van der Waals surface area contributed by atoms with Crippen LogP contribution < -0.4 is 20.7 Å². The number of nitrogens with one attached hydrogen (secondary N) is 1. The first-order chi connectivity index (χ1) is 9.20. The van der Waals surface area contributed by atoms with Crippen LogP contribution in [0.1, 0.15) is 0 Å². The summed E-state index contributed by atoms with van der Waals surface area (Å²) in [5.41, 5.74) is 7.60. The van der Waals surface area contributed by atoms with Gasteiger partial charge in [-0.25, -0.2) is 0 Å². The molecule has 1 aliphatic rings. The van der Waals surface area contributed by atoms with Crippen LogP contribution >= 0.6 is 0 Å². The molecule has 1 heterocycles. The first-order valence-corrected chi connectivity index (χ1v) is 6.78. The molecular formula is C14H24N4O. The Labute approximate surface area is 115 Å². The maximum atomic E-state index is 5.78. The summed E-state index contributed by atoms with van der Waals surface area (Å²) in [6, 6.07) is 5.81. The minimum Gasteiger partial charge on any atom is -0.495 e. The van der Waals surface area contributed by atoms with Crippen LogP contribution in [0.25, 0.3) is 0 Å². The van der Waals surface area contributed by atoms with Gasteiger partial charge in [-0.05, 0) is 12.1 Å². The second-order valence-corrected chi connectivity index (χ2v) is 4.94. The van der Waals surface area contributed by atoms with Crippen molar-refractivity contribution in [3.05, 3.63) is 18.2 Å². The molecule has 0 spiro atoms. The number of anilines is 2. The molecule has 106 valence electrons. The normalized spacial score (nSPS) is 16.3. The number of piperazine rings is 1. The predicted molar refractivity (Wildman–Crippen MR) is 80.0 cm³/mol. The highest BCUT2D eigenvalue weighted by Gasteiger charge is 2.12. The smallest absolute Gasteiger partial charge is 0.144 e. The van der Waals surface area contributed by atoms with Crippen molar-refractivity contribution >= 4 is 11.4 Å². The number of benzene rings is 1. The van der Waals surface area contributed by atoms with Crippen LogP contribution in [-0.4, -0.2) is 58.3 Å². The number of nitrogen functional groups attached to an aromatic ring is 1. The van der Waals surface area contributed by atoms with Crippen LogP contribution in [0.3, 0.4) is 0 Å². The van der Waals surface area contributed by atoms with E-state index in [2.05, 4.69) is 22.2 Å². The van der Waals surface area contributed by atoms with E-state index in [4.69, 9.17) is 10.5 Å². The second-order valence-electron chi connectivity index (χ2n) is 4.94. The summed E-state index contributed by atoms with van der Waals surface area (Å²) in [4.78, 5) is 4.71. The fourth-order valence-electron chi connectivity index (χ4n) is 2.36. The van der Waals surface area contributed by atoms with E-state index in [1.54, 1.807) is 7.11 Å². The standard InChI is InChI=1S/C14H24N4O/c1-17(9-10-18-7-5-16-6-8-18)13-4-3-12(15)11-14(13)19-2/h3-4,11,16H,5-10,15H2,1-2H3. The number of nitrogens with zero attached hydrogens (tertiary/aromatic N) is 2. The Bertz CT molecular complexity index is 404. The number of methoxy groups -OCH3 is 1. The van der Waals surface area contributed by atoms with Gasteiger partial charge in [0.05, 0.1) is 12.8 Å². The fourth-order valence-corrected chi connectivity index (χ4v) is 2.36. The number of hydrogen-bond acceptors (Lipinski definition) is 5. The molecule has 0 aliphatic carbocycles. The molecule has 0 unspecified atom stereocenters. The number of likely N-dealkylation sites (N-methyl/N-ethyl adjacent to an activating group) is 1. The Hall–Kier alpha value is -1.46. The van der Waals surface area contributed by atoms with Gasteiger partial charge < -0.3 is 20.7 Å². The maximum absolute atomic E-state index is 5.78. The molecular weight excluding hydrogens is 240 g/mol. The van der Waals surface area contributed by atoms with Gasteiger partial charge in [-0.3, -0.25) is 4.90 Å². The molecule has 1 aromatic carbocycles. The first kappa shape index (κ1) is 14.0. The Morgan fingerprint density at radius 2 is 2.11 bits per heavy atom. The second kappa shape index (κ2) is 6.63. The van der Waals surface area contributed by atoms with Crippen LogP contribution in [0.4, 0.5) is 11.4 Å². The van der Waals surface area contributed by atoms with E-state index in [9.17, 15) is 0 Å². The summed E-state index contributed by atoms with van der Waals surface area (Å²) in [5.74, 6) is 0.836. The van der Waals surface area contributed by atoms with Crippen molar-refractivity contribution in [2.24, 2.45) is 0 Å². The summed E-state index contributed by atoms with van der Waals surface area (Å²) in [5, 5.41) is 3.37. The van der Waals surface area contributed by atoms with Gasteiger partial charge in [0, 0.05) is 58.1 Å². The van der Waals surface area contributed by atoms with Crippen molar-refractivity contribution in [1.29, 1.82) is 0 Å². The van der Waals surface area contributed by atoms with Gasteiger partial charge in [-0.15, -0.1) is 0 Å².